The number of halogens is 3. The van der Waals surface area contributed by atoms with Crippen molar-refractivity contribution in [3.63, 3.8) is 0 Å². The van der Waals surface area contributed by atoms with Crippen molar-refractivity contribution in [1.82, 2.24) is 24.6 Å². The zero-order valence-electron chi connectivity index (χ0n) is 12.9. The van der Waals surface area contributed by atoms with Crippen molar-refractivity contribution >= 4 is 11.8 Å². The highest BCUT2D eigenvalue weighted by Crippen LogP contribution is 2.27. The average molecular weight is 345 g/mol. The molecule has 1 aromatic rings. The second-order valence-corrected chi connectivity index (χ2v) is 6.25. The Hall–Kier alpha value is -1.97. The van der Waals surface area contributed by atoms with E-state index < -0.39 is 30.6 Å². The minimum Gasteiger partial charge on any atom is -0.292 e. The molecule has 3 rings (SSSR count). The van der Waals surface area contributed by atoms with Crippen molar-refractivity contribution in [3.8, 4) is 0 Å². The first kappa shape index (κ1) is 16.9. The Bertz CT molecular complexity index is 596. The number of alkyl halides is 3. The topological polar surface area (TPSA) is 71.3 Å². The van der Waals surface area contributed by atoms with Gasteiger partial charge < -0.3 is 0 Å². The molecular weight excluding hydrogens is 327 g/mol. The molecular formula is C14H18F3N5O2. The minimum atomic E-state index is -4.56. The van der Waals surface area contributed by atoms with Crippen molar-refractivity contribution in [3.05, 3.63) is 12.7 Å². The summed E-state index contributed by atoms with van der Waals surface area (Å²) in [6.45, 7) is 0.404. The fourth-order valence-corrected chi connectivity index (χ4v) is 3.34. The fourth-order valence-electron chi connectivity index (χ4n) is 3.34. The number of rotatable bonds is 4. The zero-order valence-corrected chi connectivity index (χ0v) is 12.9. The number of aromatic nitrogens is 3. The highest BCUT2D eigenvalue weighted by atomic mass is 19.4. The Balaban J connectivity index is 1.55. The van der Waals surface area contributed by atoms with E-state index in [1.54, 1.807) is 11.0 Å². The van der Waals surface area contributed by atoms with E-state index in [1.807, 2.05) is 4.90 Å². The summed E-state index contributed by atoms with van der Waals surface area (Å²) in [5, 5.41) is 4.05. The summed E-state index contributed by atoms with van der Waals surface area (Å²) in [5.74, 6) is -1.10. The number of hydrogen-bond acceptors (Lipinski definition) is 5. The van der Waals surface area contributed by atoms with Gasteiger partial charge in [-0.25, -0.2) is 4.98 Å². The molecule has 2 fully saturated rings. The van der Waals surface area contributed by atoms with Crippen LogP contribution in [0.4, 0.5) is 13.2 Å². The summed E-state index contributed by atoms with van der Waals surface area (Å²) in [6.07, 6.45) is -0.0183. The maximum atomic E-state index is 12.5. The molecule has 0 radical (unpaired) electrons. The fraction of sp³-hybridized carbons (Fsp3) is 0.714. The number of amides is 2. The molecule has 0 bridgehead atoms. The lowest BCUT2D eigenvalue weighted by Gasteiger charge is -2.34. The lowest BCUT2D eigenvalue weighted by molar-refractivity contribution is -0.166. The van der Waals surface area contributed by atoms with Crippen LogP contribution in [-0.4, -0.2) is 68.2 Å². The summed E-state index contributed by atoms with van der Waals surface area (Å²) in [4.78, 5) is 30.0. The van der Waals surface area contributed by atoms with Gasteiger partial charge in [-0.3, -0.25) is 24.1 Å². The van der Waals surface area contributed by atoms with Crippen molar-refractivity contribution in [2.45, 2.75) is 38.0 Å². The third-order valence-corrected chi connectivity index (χ3v) is 4.56. The second kappa shape index (κ2) is 6.50. The van der Waals surface area contributed by atoms with Gasteiger partial charge in [0.15, 0.2) is 0 Å². The van der Waals surface area contributed by atoms with Crippen LogP contribution in [0.15, 0.2) is 12.7 Å². The minimum absolute atomic E-state index is 0.164. The Kier molecular flexibility index (Phi) is 4.57. The molecule has 2 saturated heterocycles. The molecule has 2 aliphatic rings. The highest BCUT2D eigenvalue weighted by molar-refractivity contribution is 6.05. The number of carbonyl (C=O) groups excluding carboxylic acids is 2. The van der Waals surface area contributed by atoms with E-state index in [1.165, 1.54) is 6.33 Å². The standard InChI is InChI=1S/C14H18F3N5O2/c15-14(16,17)7-22-12(23)5-11(13(22)24)20-3-1-10(2-4-20)6-21-9-18-8-19-21/h8-11H,1-7H2. The molecule has 10 heteroatoms. The number of piperidine rings is 1. The molecule has 0 aromatic carbocycles. The van der Waals surface area contributed by atoms with Gasteiger partial charge in [-0.05, 0) is 31.8 Å². The average Bonchev–Trinajstić information content (AvgIpc) is 3.11. The normalized spacial score (nSPS) is 24.1. The third kappa shape index (κ3) is 3.74. The number of hydrogen-bond donors (Lipinski definition) is 0. The van der Waals surface area contributed by atoms with Crippen molar-refractivity contribution < 1.29 is 22.8 Å². The van der Waals surface area contributed by atoms with E-state index in [2.05, 4.69) is 10.1 Å². The number of nitrogens with zero attached hydrogens (tertiary/aromatic N) is 5. The van der Waals surface area contributed by atoms with Gasteiger partial charge in [0.1, 0.15) is 19.2 Å². The van der Waals surface area contributed by atoms with E-state index in [9.17, 15) is 22.8 Å². The van der Waals surface area contributed by atoms with Crippen molar-refractivity contribution in [1.29, 1.82) is 0 Å². The summed E-state index contributed by atoms with van der Waals surface area (Å²) in [7, 11) is 0. The largest absolute Gasteiger partial charge is 0.406 e. The van der Waals surface area contributed by atoms with Crippen LogP contribution in [0.2, 0.25) is 0 Å². The maximum Gasteiger partial charge on any atom is 0.406 e. The van der Waals surface area contributed by atoms with Gasteiger partial charge in [0.2, 0.25) is 11.8 Å². The Labute approximate surface area is 136 Å². The third-order valence-electron chi connectivity index (χ3n) is 4.56. The van der Waals surface area contributed by atoms with Gasteiger partial charge in [0, 0.05) is 6.54 Å². The van der Waals surface area contributed by atoms with Crippen LogP contribution in [0.5, 0.6) is 0 Å². The number of carbonyl (C=O) groups is 2. The number of imide groups is 1. The zero-order chi connectivity index (χ0) is 17.3. The lowest BCUT2D eigenvalue weighted by atomic mass is 9.95. The molecule has 1 unspecified atom stereocenters. The quantitative estimate of drug-likeness (QED) is 0.751. The van der Waals surface area contributed by atoms with Crippen LogP contribution in [-0.2, 0) is 16.1 Å². The van der Waals surface area contributed by atoms with Crippen LogP contribution in [0.1, 0.15) is 19.3 Å². The van der Waals surface area contributed by atoms with Gasteiger partial charge in [0.25, 0.3) is 0 Å². The molecule has 7 nitrogen and oxygen atoms in total. The van der Waals surface area contributed by atoms with E-state index in [-0.39, 0.29) is 6.42 Å². The molecule has 3 heterocycles. The summed E-state index contributed by atoms with van der Waals surface area (Å²) >= 11 is 0. The van der Waals surface area contributed by atoms with Crippen LogP contribution < -0.4 is 0 Å². The van der Waals surface area contributed by atoms with Crippen LogP contribution >= 0.6 is 0 Å². The molecule has 132 valence electrons. The molecule has 0 aliphatic carbocycles. The first-order valence-corrected chi connectivity index (χ1v) is 7.81. The lowest BCUT2D eigenvalue weighted by Crippen LogP contribution is -2.47. The van der Waals surface area contributed by atoms with E-state index in [0.717, 1.165) is 19.4 Å². The Morgan fingerprint density at radius 1 is 1.21 bits per heavy atom. The Morgan fingerprint density at radius 2 is 1.92 bits per heavy atom. The molecule has 1 aromatic heterocycles. The first-order chi connectivity index (χ1) is 11.3. The van der Waals surface area contributed by atoms with Crippen molar-refractivity contribution in [2.24, 2.45) is 5.92 Å². The molecule has 1 atom stereocenters. The van der Waals surface area contributed by atoms with E-state index >= 15 is 0 Å². The van der Waals surface area contributed by atoms with Gasteiger partial charge in [-0.2, -0.15) is 18.3 Å². The predicted octanol–water partition coefficient (Wildman–Crippen LogP) is 0.680. The van der Waals surface area contributed by atoms with Gasteiger partial charge >= 0.3 is 6.18 Å². The second-order valence-electron chi connectivity index (χ2n) is 6.25. The summed E-state index contributed by atoms with van der Waals surface area (Å²) in [6, 6.07) is -0.757. The predicted molar refractivity (Wildman–Crippen MR) is 75.5 cm³/mol. The molecule has 24 heavy (non-hydrogen) atoms. The summed E-state index contributed by atoms with van der Waals surface area (Å²) < 4.78 is 39.2. The number of likely N-dealkylation sites (tertiary alicyclic amines) is 2. The molecule has 0 N–H and O–H groups in total. The molecule has 2 amide bonds. The smallest absolute Gasteiger partial charge is 0.292 e. The van der Waals surface area contributed by atoms with Gasteiger partial charge in [-0.1, -0.05) is 0 Å². The first-order valence-electron chi connectivity index (χ1n) is 7.81. The van der Waals surface area contributed by atoms with Crippen molar-refractivity contribution in [2.75, 3.05) is 19.6 Å². The monoisotopic (exact) mass is 345 g/mol. The molecule has 0 spiro atoms. The Morgan fingerprint density at radius 3 is 2.50 bits per heavy atom. The SMILES string of the molecule is O=C1CC(N2CCC(Cn3cncn3)CC2)C(=O)N1CC(F)(F)F. The van der Waals surface area contributed by atoms with Gasteiger partial charge in [-0.15, -0.1) is 0 Å². The molecule has 0 saturated carbocycles. The van der Waals surface area contributed by atoms with Crippen LogP contribution in [0.3, 0.4) is 0 Å². The molecule has 2 aliphatic heterocycles. The highest BCUT2D eigenvalue weighted by Gasteiger charge is 2.46. The summed E-state index contributed by atoms with van der Waals surface area (Å²) in [5.41, 5.74) is 0. The van der Waals surface area contributed by atoms with E-state index in [0.29, 0.717) is 23.9 Å². The maximum absolute atomic E-state index is 12.5. The van der Waals surface area contributed by atoms with Gasteiger partial charge in [0.05, 0.1) is 12.5 Å². The van der Waals surface area contributed by atoms with Crippen LogP contribution in [0.25, 0.3) is 0 Å². The van der Waals surface area contributed by atoms with Crippen LogP contribution in [0, 0.1) is 5.92 Å². The van der Waals surface area contributed by atoms with E-state index in [4.69, 9.17) is 0 Å².